The average Bonchev–Trinajstić information content (AvgIpc) is 2.73. The van der Waals surface area contributed by atoms with Crippen molar-refractivity contribution in [2.75, 3.05) is 19.6 Å². The third-order valence-electron chi connectivity index (χ3n) is 6.54. The molecule has 0 atom stereocenters. The number of carbonyl (C=O) groups excluding carboxylic acids is 2. The van der Waals surface area contributed by atoms with Crippen molar-refractivity contribution in [3.8, 4) is 0 Å². The van der Waals surface area contributed by atoms with E-state index < -0.39 is 11.6 Å². The van der Waals surface area contributed by atoms with Crippen LogP contribution in [0.5, 0.6) is 0 Å². The fraction of sp³-hybridized carbons (Fsp3) is 0.652. The number of carbonyl (C=O) groups is 2. The molecular weight excluding hydrogens is 374 g/mol. The summed E-state index contributed by atoms with van der Waals surface area (Å²) in [6.45, 7) is 4.61. The summed E-state index contributed by atoms with van der Waals surface area (Å²) in [5.74, 6) is -0.943. The minimum atomic E-state index is -0.761. The Kier molecular flexibility index (Phi) is 7.76. The first-order chi connectivity index (χ1) is 14.0. The molecule has 2 aliphatic rings. The number of hydrogen-bond acceptors (Lipinski definition) is 3. The fourth-order valence-corrected chi connectivity index (χ4v) is 4.62. The Hall–Kier alpha value is -1.82. The summed E-state index contributed by atoms with van der Waals surface area (Å²) < 4.78 is 26.9. The maximum Gasteiger partial charge on any atom is 0.219 e. The largest absolute Gasteiger partial charge is 0.353 e. The molecule has 1 aliphatic heterocycles. The summed E-state index contributed by atoms with van der Waals surface area (Å²) in [5, 5.41) is 3.10. The molecule has 0 unspecified atom stereocenters. The monoisotopic (exact) mass is 406 g/mol. The van der Waals surface area contributed by atoms with Crippen LogP contribution >= 0.6 is 0 Å². The summed E-state index contributed by atoms with van der Waals surface area (Å²) in [6.07, 6.45) is 7.61. The molecule has 1 saturated carbocycles. The van der Waals surface area contributed by atoms with Crippen LogP contribution in [-0.4, -0.2) is 42.3 Å². The van der Waals surface area contributed by atoms with Gasteiger partial charge in [-0.1, -0.05) is 6.92 Å². The molecule has 1 aliphatic carbocycles. The highest BCUT2D eigenvalue weighted by Crippen LogP contribution is 2.28. The lowest BCUT2D eigenvalue weighted by Gasteiger charge is -2.34. The van der Waals surface area contributed by atoms with Crippen LogP contribution in [0.3, 0.4) is 0 Å². The molecule has 4 nitrogen and oxygen atoms in total. The SMILES string of the molecule is CCC(=O)NC1CCC(CCN2CCC(C(=O)c3ccc(F)cc3F)CC2)CC1. The summed E-state index contributed by atoms with van der Waals surface area (Å²) >= 11 is 0. The van der Waals surface area contributed by atoms with Crippen molar-refractivity contribution in [2.24, 2.45) is 11.8 Å². The lowest BCUT2D eigenvalue weighted by atomic mass is 9.83. The highest BCUT2D eigenvalue weighted by atomic mass is 19.1. The van der Waals surface area contributed by atoms with E-state index in [1.807, 2.05) is 6.92 Å². The van der Waals surface area contributed by atoms with Crippen molar-refractivity contribution < 1.29 is 18.4 Å². The zero-order chi connectivity index (χ0) is 20.8. The van der Waals surface area contributed by atoms with E-state index in [0.29, 0.717) is 18.4 Å². The quantitative estimate of drug-likeness (QED) is 0.686. The van der Waals surface area contributed by atoms with Crippen LogP contribution < -0.4 is 5.32 Å². The third kappa shape index (κ3) is 6.08. The van der Waals surface area contributed by atoms with Gasteiger partial charge in [-0.2, -0.15) is 0 Å². The maximum atomic E-state index is 13.9. The molecule has 29 heavy (non-hydrogen) atoms. The predicted molar refractivity (Wildman–Crippen MR) is 109 cm³/mol. The minimum absolute atomic E-state index is 0.0109. The first-order valence-corrected chi connectivity index (χ1v) is 11.0. The second-order valence-electron chi connectivity index (χ2n) is 8.53. The van der Waals surface area contributed by atoms with Gasteiger partial charge in [0.15, 0.2) is 5.78 Å². The summed E-state index contributed by atoms with van der Waals surface area (Å²) in [7, 11) is 0. The van der Waals surface area contributed by atoms with Gasteiger partial charge in [0.05, 0.1) is 5.56 Å². The van der Waals surface area contributed by atoms with Crippen molar-refractivity contribution in [2.45, 2.75) is 64.3 Å². The molecule has 1 N–H and O–H groups in total. The van der Waals surface area contributed by atoms with Gasteiger partial charge in [0.2, 0.25) is 5.91 Å². The number of ketones is 1. The number of nitrogens with zero attached hydrogens (tertiary/aromatic N) is 1. The molecular formula is C23H32F2N2O2. The van der Waals surface area contributed by atoms with Gasteiger partial charge in [0, 0.05) is 24.4 Å². The van der Waals surface area contributed by atoms with Gasteiger partial charge in [-0.15, -0.1) is 0 Å². The van der Waals surface area contributed by atoms with Crippen molar-refractivity contribution in [1.29, 1.82) is 0 Å². The number of benzene rings is 1. The van der Waals surface area contributed by atoms with E-state index in [2.05, 4.69) is 10.2 Å². The molecule has 1 aromatic carbocycles. The molecule has 1 heterocycles. The number of hydrogen-bond donors (Lipinski definition) is 1. The van der Waals surface area contributed by atoms with Crippen molar-refractivity contribution in [3.63, 3.8) is 0 Å². The van der Waals surface area contributed by atoms with Crippen LogP contribution in [0.15, 0.2) is 18.2 Å². The zero-order valence-corrected chi connectivity index (χ0v) is 17.3. The lowest BCUT2D eigenvalue weighted by Crippen LogP contribution is -2.39. The van der Waals surface area contributed by atoms with Gasteiger partial charge in [0.25, 0.3) is 0 Å². The van der Waals surface area contributed by atoms with Crippen LogP contribution in [-0.2, 0) is 4.79 Å². The van der Waals surface area contributed by atoms with Gasteiger partial charge in [-0.25, -0.2) is 8.78 Å². The van der Waals surface area contributed by atoms with Crippen LogP contribution in [0.4, 0.5) is 8.78 Å². The Morgan fingerprint density at radius 3 is 2.38 bits per heavy atom. The third-order valence-corrected chi connectivity index (χ3v) is 6.54. The predicted octanol–water partition coefficient (Wildman–Crippen LogP) is 4.33. The molecule has 0 aromatic heterocycles. The van der Waals surface area contributed by atoms with Gasteiger partial charge in [-0.05, 0) is 82.6 Å². The Morgan fingerprint density at radius 1 is 1.07 bits per heavy atom. The number of amides is 1. The minimum Gasteiger partial charge on any atom is -0.353 e. The second kappa shape index (κ2) is 10.3. The smallest absolute Gasteiger partial charge is 0.219 e. The first kappa shape index (κ1) is 21.9. The standard InChI is InChI=1S/C23H32F2N2O2/c1-2-22(28)26-19-6-3-16(4-7-19)9-12-27-13-10-17(11-14-27)23(29)20-8-5-18(24)15-21(20)25/h5,8,15-17,19H,2-4,6-7,9-14H2,1H3,(H,26,28). The second-order valence-corrected chi connectivity index (χ2v) is 8.53. The molecule has 1 amide bonds. The van der Waals surface area contributed by atoms with E-state index in [9.17, 15) is 18.4 Å². The Balaban J connectivity index is 1.37. The number of halogens is 2. The van der Waals surface area contributed by atoms with E-state index in [4.69, 9.17) is 0 Å². The number of Topliss-reactive ketones (excluding diaryl/α,β-unsaturated/α-hetero) is 1. The molecule has 0 spiro atoms. The van der Waals surface area contributed by atoms with E-state index >= 15 is 0 Å². The number of nitrogens with one attached hydrogen (secondary N) is 1. The van der Waals surface area contributed by atoms with Crippen molar-refractivity contribution in [1.82, 2.24) is 10.2 Å². The highest BCUT2D eigenvalue weighted by molar-refractivity contribution is 5.98. The van der Waals surface area contributed by atoms with Gasteiger partial charge < -0.3 is 10.2 Å². The van der Waals surface area contributed by atoms with E-state index in [-0.39, 0.29) is 23.2 Å². The maximum absolute atomic E-state index is 13.9. The van der Waals surface area contributed by atoms with Crippen molar-refractivity contribution >= 4 is 11.7 Å². The number of likely N-dealkylation sites (tertiary alicyclic amines) is 1. The van der Waals surface area contributed by atoms with E-state index in [0.717, 1.165) is 76.7 Å². The lowest BCUT2D eigenvalue weighted by molar-refractivity contribution is -0.121. The molecule has 160 valence electrons. The fourth-order valence-electron chi connectivity index (χ4n) is 4.62. The van der Waals surface area contributed by atoms with Crippen LogP contribution in [0, 0.1) is 23.5 Å². The number of piperidine rings is 1. The number of rotatable bonds is 7. The topological polar surface area (TPSA) is 49.4 Å². The highest BCUT2D eigenvalue weighted by Gasteiger charge is 2.28. The summed E-state index contributed by atoms with van der Waals surface area (Å²) in [5.41, 5.74) is 0.0109. The Bertz CT molecular complexity index is 709. The summed E-state index contributed by atoms with van der Waals surface area (Å²) in [4.78, 5) is 26.5. The van der Waals surface area contributed by atoms with E-state index in [1.165, 1.54) is 6.07 Å². The van der Waals surface area contributed by atoms with Crippen LogP contribution in [0.2, 0.25) is 0 Å². The molecule has 6 heteroatoms. The Labute approximate surface area is 172 Å². The van der Waals surface area contributed by atoms with Gasteiger partial charge >= 0.3 is 0 Å². The summed E-state index contributed by atoms with van der Waals surface area (Å²) in [6, 6.07) is 3.53. The van der Waals surface area contributed by atoms with Crippen molar-refractivity contribution in [3.05, 3.63) is 35.4 Å². The van der Waals surface area contributed by atoms with Crippen LogP contribution in [0.1, 0.15) is 68.6 Å². The van der Waals surface area contributed by atoms with Crippen LogP contribution in [0.25, 0.3) is 0 Å². The van der Waals surface area contributed by atoms with Gasteiger partial charge in [0.1, 0.15) is 11.6 Å². The normalized spacial score (nSPS) is 23.7. The molecule has 0 bridgehead atoms. The zero-order valence-electron chi connectivity index (χ0n) is 17.3. The molecule has 3 rings (SSSR count). The molecule has 1 saturated heterocycles. The molecule has 0 radical (unpaired) electrons. The Morgan fingerprint density at radius 2 is 1.76 bits per heavy atom. The average molecular weight is 407 g/mol. The molecule has 2 fully saturated rings. The molecule has 1 aromatic rings. The van der Waals surface area contributed by atoms with Gasteiger partial charge in [-0.3, -0.25) is 9.59 Å². The van der Waals surface area contributed by atoms with E-state index in [1.54, 1.807) is 0 Å². The first-order valence-electron chi connectivity index (χ1n) is 11.0.